The van der Waals surface area contributed by atoms with E-state index < -0.39 is 61.9 Å². The number of carbonyl (C=O) groups excluding carboxylic acids is 1. The predicted octanol–water partition coefficient (Wildman–Crippen LogP) is -0.646. The van der Waals surface area contributed by atoms with Gasteiger partial charge in [0.15, 0.2) is 5.78 Å². The lowest BCUT2D eigenvalue weighted by Crippen LogP contribution is -2.60. The molecule has 7 N–H and O–H groups in total. The van der Waals surface area contributed by atoms with Crippen LogP contribution in [0.3, 0.4) is 0 Å². The monoisotopic (exact) mass is 588 g/mol. The Kier molecular flexibility index (Phi) is 9.57. The third-order valence-electron chi connectivity index (χ3n) is 7.73. The number of allylic oxidation sites excluding steroid dienone is 2. The van der Waals surface area contributed by atoms with Crippen LogP contribution < -0.4 is 9.47 Å². The van der Waals surface area contributed by atoms with Crippen LogP contribution in [-0.2, 0) is 27.1 Å². The van der Waals surface area contributed by atoms with E-state index in [0.717, 1.165) is 11.1 Å². The molecule has 2 aromatic carbocycles. The summed E-state index contributed by atoms with van der Waals surface area (Å²) in [6.07, 6.45) is -7.78. The molecule has 0 saturated carbocycles. The average molecular weight is 589 g/mol. The number of rotatable bonds is 5. The van der Waals surface area contributed by atoms with Gasteiger partial charge >= 0.3 is 0 Å². The van der Waals surface area contributed by atoms with Gasteiger partial charge < -0.3 is 54.7 Å². The number of ether oxygens (including phenoxy) is 4. The van der Waals surface area contributed by atoms with Crippen LogP contribution in [0.25, 0.3) is 11.1 Å². The number of ketones is 1. The first-order valence-corrected chi connectivity index (χ1v) is 13.9. The van der Waals surface area contributed by atoms with Gasteiger partial charge in [-0.1, -0.05) is 18.2 Å². The minimum atomic E-state index is -1.64. The molecule has 2 fully saturated rings. The summed E-state index contributed by atoms with van der Waals surface area (Å²) in [6, 6.07) is 10.5. The number of hydrogen-bond donors (Lipinski definition) is 7. The van der Waals surface area contributed by atoms with Crippen molar-refractivity contribution in [3.8, 4) is 22.6 Å². The minimum Gasteiger partial charge on any atom is -0.461 e. The molecule has 2 aromatic rings. The Morgan fingerprint density at radius 2 is 1.36 bits per heavy atom. The highest BCUT2D eigenvalue weighted by molar-refractivity contribution is 5.89. The lowest BCUT2D eigenvalue weighted by atomic mass is 9.96. The zero-order chi connectivity index (χ0) is 30.0. The standard InChI is InChI=1S/C30H36O12/c31-13-23-25(35)26(36)28(38)30(42-23)41-22-9-6-15-3-1-2-4-17(32)8-5-16-7-10-21(19(12-16)18(22)11-15)40-29-27(37)24(34)20(33)14-39-29/h2,4,6-7,9-12,20,23-31,33-38H,1,3,5,8,13-14H2/b4-2-/t20-,23+,24-,25+,26-,27+,28+,29-,30+/m0/s1. The number of benzene rings is 2. The van der Waals surface area contributed by atoms with E-state index in [0.29, 0.717) is 30.4 Å². The van der Waals surface area contributed by atoms with Gasteiger partial charge in [-0.25, -0.2) is 0 Å². The fraction of sp³-hybridized carbons (Fsp3) is 0.500. The first-order valence-electron chi connectivity index (χ1n) is 13.9. The van der Waals surface area contributed by atoms with Crippen LogP contribution in [0.4, 0.5) is 0 Å². The Labute approximate surface area is 242 Å². The Morgan fingerprint density at radius 3 is 2.02 bits per heavy atom. The van der Waals surface area contributed by atoms with Crippen molar-refractivity contribution in [3.63, 3.8) is 0 Å². The molecule has 42 heavy (non-hydrogen) atoms. The molecule has 3 aliphatic rings. The van der Waals surface area contributed by atoms with Crippen molar-refractivity contribution in [1.82, 2.24) is 0 Å². The van der Waals surface area contributed by atoms with Crippen LogP contribution in [0.2, 0.25) is 0 Å². The lowest BCUT2D eigenvalue weighted by molar-refractivity contribution is -0.277. The normalized spacial score (nSPS) is 34.5. The number of aryl methyl sites for hydroxylation is 2. The van der Waals surface area contributed by atoms with Gasteiger partial charge in [-0.2, -0.15) is 0 Å². The topological polar surface area (TPSA) is 196 Å². The SMILES string of the molecule is O=C1/C=C\CCc2ccc(O[C@@H]3O[C@H](CO)[C@@H](O)[C@H](O)[C@H]3O)c(c2)-c2cc(ccc2O[C@@H]2OC[C@H](O)[C@H](O)[C@H]2O)CC1. The van der Waals surface area contributed by atoms with Crippen molar-refractivity contribution in [1.29, 1.82) is 0 Å². The van der Waals surface area contributed by atoms with Gasteiger partial charge in [0.1, 0.15) is 54.2 Å². The van der Waals surface area contributed by atoms with Crippen LogP contribution in [0, 0.1) is 0 Å². The molecular weight excluding hydrogens is 552 g/mol. The number of aliphatic hydroxyl groups excluding tert-OH is 7. The van der Waals surface area contributed by atoms with Crippen LogP contribution >= 0.6 is 0 Å². The summed E-state index contributed by atoms with van der Waals surface area (Å²) < 4.78 is 23.1. The van der Waals surface area contributed by atoms with Gasteiger partial charge in [0.2, 0.25) is 12.6 Å². The molecule has 1 aliphatic carbocycles. The van der Waals surface area contributed by atoms with E-state index in [2.05, 4.69) is 0 Å². The molecule has 0 spiro atoms. The first-order chi connectivity index (χ1) is 20.2. The van der Waals surface area contributed by atoms with Gasteiger partial charge in [0.25, 0.3) is 0 Å². The summed E-state index contributed by atoms with van der Waals surface area (Å²) in [5.74, 6) is 0.439. The maximum Gasteiger partial charge on any atom is 0.229 e. The van der Waals surface area contributed by atoms with Gasteiger partial charge in [0.05, 0.1) is 13.2 Å². The smallest absolute Gasteiger partial charge is 0.229 e. The Hall–Kier alpha value is -2.91. The summed E-state index contributed by atoms with van der Waals surface area (Å²) in [5, 5.41) is 71.2. The number of hydrogen-bond acceptors (Lipinski definition) is 12. The second kappa shape index (κ2) is 13.2. The molecule has 228 valence electrons. The Morgan fingerprint density at radius 1 is 0.738 bits per heavy atom. The van der Waals surface area contributed by atoms with Gasteiger partial charge in [-0.05, 0) is 60.7 Å². The van der Waals surface area contributed by atoms with E-state index in [1.807, 2.05) is 12.1 Å². The highest BCUT2D eigenvalue weighted by Gasteiger charge is 2.45. The van der Waals surface area contributed by atoms with E-state index in [-0.39, 0.29) is 30.3 Å². The second-order valence-electron chi connectivity index (χ2n) is 10.8. The third-order valence-corrected chi connectivity index (χ3v) is 7.73. The number of aliphatic hydroxyl groups is 7. The summed E-state index contributed by atoms with van der Waals surface area (Å²) in [7, 11) is 0. The molecule has 9 atom stereocenters. The number of carbonyl (C=O) groups is 1. The Balaban J connectivity index is 1.56. The van der Waals surface area contributed by atoms with Crippen LogP contribution in [0.15, 0.2) is 48.6 Å². The molecule has 12 heteroatoms. The molecule has 0 amide bonds. The molecule has 0 unspecified atom stereocenters. The van der Waals surface area contributed by atoms with Crippen LogP contribution in [0.5, 0.6) is 11.5 Å². The van der Waals surface area contributed by atoms with E-state index in [1.54, 1.807) is 36.4 Å². The van der Waals surface area contributed by atoms with Gasteiger partial charge in [-0.15, -0.1) is 0 Å². The molecule has 2 saturated heterocycles. The lowest BCUT2D eigenvalue weighted by Gasteiger charge is -2.39. The summed E-state index contributed by atoms with van der Waals surface area (Å²) in [6.45, 7) is -0.875. The van der Waals surface area contributed by atoms with Crippen LogP contribution in [0.1, 0.15) is 24.0 Å². The van der Waals surface area contributed by atoms with Crippen molar-refractivity contribution in [2.24, 2.45) is 0 Å². The zero-order valence-electron chi connectivity index (χ0n) is 22.7. The average Bonchev–Trinajstić information content (AvgIpc) is 3.00. The predicted molar refractivity (Wildman–Crippen MR) is 145 cm³/mol. The molecule has 2 heterocycles. The highest BCUT2D eigenvalue weighted by atomic mass is 16.7. The molecule has 4 bridgehead atoms. The van der Waals surface area contributed by atoms with Crippen molar-refractivity contribution in [2.45, 2.75) is 81.0 Å². The molecule has 12 nitrogen and oxygen atoms in total. The maximum absolute atomic E-state index is 12.4. The molecular formula is C30H36O12. The number of fused-ring (bicyclic) bond motifs is 5. The highest BCUT2D eigenvalue weighted by Crippen LogP contribution is 2.41. The van der Waals surface area contributed by atoms with Crippen LogP contribution in [-0.4, -0.2) is 110 Å². The minimum absolute atomic E-state index is 0.0132. The molecule has 0 radical (unpaired) electrons. The van der Waals surface area contributed by atoms with E-state index in [4.69, 9.17) is 18.9 Å². The maximum atomic E-state index is 12.4. The van der Waals surface area contributed by atoms with Crippen molar-refractivity contribution in [2.75, 3.05) is 13.2 Å². The molecule has 2 aliphatic heterocycles. The summed E-state index contributed by atoms with van der Waals surface area (Å²) >= 11 is 0. The Bertz CT molecular complexity index is 1280. The summed E-state index contributed by atoms with van der Waals surface area (Å²) in [4.78, 5) is 12.4. The van der Waals surface area contributed by atoms with Crippen molar-refractivity contribution < 1.29 is 59.5 Å². The third kappa shape index (κ3) is 6.52. The fourth-order valence-corrected chi connectivity index (χ4v) is 5.21. The van der Waals surface area contributed by atoms with Gasteiger partial charge in [0, 0.05) is 17.5 Å². The second-order valence-corrected chi connectivity index (χ2v) is 10.8. The van der Waals surface area contributed by atoms with E-state index >= 15 is 0 Å². The van der Waals surface area contributed by atoms with E-state index in [1.165, 1.54) is 0 Å². The summed E-state index contributed by atoms with van der Waals surface area (Å²) in [5.41, 5.74) is 2.64. The van der Waals surface area contributed by atoms with Gasteiger partial charge in [-0.3, -0.25) is 4.79 Å². The first kappa shape index (κ1) is 30.5. The zero-order valence-corrected chi connectivity index (χ0v) is 22.7. The quantitative estimate of drug-likeness (QED) is 0.234. The largest absolute Gasteiger partial charge is 0.461 e. The molecule has 0 aromatic heterocycles. The molecule has 5 rings (SSSR count). The van der Waals surface area contributed by atoms with Crippen molar-refractivity contribution >= 4 is 5.78 Å². The fourth-order valence-electron chi connectivity index (χ4n) is 5.21. The van der Waals surface area contributed by atoms with E-state index in [9.17, 15) is 40.5 Å². The van der Waals surface area contributed by atoms with Crippen molar-refractivity contribution in [3.05, 3.63) is 59.7 Å².